The minimum Gasteiger partial charge on any atom is -0.493 e. The minimum absolute atomic E-state index is 0.185. The molecule has 2 heterocycles. The van der Waals surface area contributed by atoms with Crippen molar-refractivity contribution in [3.05, 3.63) is 48.3 Å². The molecule has 0 atom stereocenters. The van der Waals surface area contributed by atoms with Gasteiger partial charge in [-0.25, -0.2) is 4.68 Å². The summed E-state index contributed by atoms with van der Waals surface area (Å²) in [6.07, 6.45) is 3.14. The van der Waals surface area contributed by atoms with Gasteiger partial charge >= 0.3 is 0 Å². The van der Waals surface area contributed by atoms with E-state index in [1.807, 2.05) is 0 Å². The number of nitrogens with zero attached hydrogens (tertiary/aromatic N) is 4. The number of benzene rings is 1. The summed E-state index contributed by atoms with van der Waals surface area (Å²) in [4.78, 5) is 14.2. The molecular formula is C17H20N4O4. The van der Waals surface area contributed by atoms with E-state index in [0.717, 1.165) is 0 Å². The fourth-order valence-electron chi connectivity index (χ4n) is 2.85. The van der Waals surface area contributed by atoms with Crippen molar-refractivity contribution in [3.8, 4) is 11.5 Å². The molecule has 1 saturated heterocycles. The van der Waals surface area contributed by atoms with Crippen LogP contribution < -0.4 is 9.47 Å². The van der Waals surface area contributed by atoms with Crippen LogP contribution in [0.1, 0.15) is 16.1 Å². The van der Waals surface area contributed by atoms with Gasteiger partial charge in [0.2, 0.25) is 0 Å². The lowest BCUT2D eigenvalue weighted by Crippen LogP contribution is -2.61. The molecule has 2 aromatic rings. The molecule has 8 nitrogen and oxygen atoms in total. The average molecular weight is 344 g/mol. The highest BCUT2D eigenvalue weighted by Gasteiger charge is 2.47. The number of likely N-dealkylation sites (tertiary alicyclic amines) is 1. The van der Waals surface area contributed by atoms with Gasteiger partial charge in [-0.1, -0.05) is 17.9 Å². The third-order valence-corrected chi connectivity index (χ3v) is 4.15. The first-order valence-corrected chi connectivity index (χ1v) is 7.77. The fraction of sp³-hybridized carbons (Fsp3) is 0.353. The molecule has 132 valence electrons. The molecule has 1 fully saturated rings. The number of ether oxygens (including phenoxy) is 2. The maximum Gasteiger partial charge on any atom is 0.254 e. The Bertz CT molecular complexity index is 796. The highest BCUT2D eigenvalue weighted by molar-refractivity contribution is 5.95. The Morgan fingerprint density at radius 2 is 2.20 bits per heavy atom. The number of methoxy groups -OCH3 is 1. The number of β-amino-alcohol motifs (C(OH)–C–C–N with tert-alkyl or cyclic N) is 1. The predicted molar refractivity (Wildman–Crippen MR) is 89.5 cm³/mol. The topological polar surface area (TPSA) is 89.7 Å². The molecule has 0 spiro atoms. The Morgan fingerprint density at radius 1 is 1.44 bits per heavy atom. The molecule has 1 aliphatic rings. The van der Waals surface area contributed by atoms with Crippen LogP contribution in [-0.4, -0.2) is 57.7 Å². The van der Waals surface area contributed by atoms with Gasteiger partial charge in [0, 0.05) is 12.6 Å². The van der Waals surface area contributed by atoms with Crippen molar-refractivity contribution in [1.82, 2.24) is 19.9 Å². The summed E-state index contributed by atoms with van der Waals surface area (Å²) in [5.41, 5.74) is -0.0688. The molecule has 8 heteroatoms. The molecule has 1 N–H and O–H groups in total. The number of hydrogen-bond donors (Lipinski definition) is 1. The summed E-state index contributed by atoms with van der Waals surface area (Å²) in [7, 11) is 3.22. The molecule has 25 heavy (non-hydrogen) atoms. The van der Waals surface area contributed by atoms with E-state index in [9.17, 15) is 9.90 Å². The zero-order valence-electron chi connectivity index (χ0n) is 14.2. The van der Waals surface area contributed by atoms with Crippen LogP contribution in [0.25, 0.3) is 0 Å². The lowest BCUT2D eigenvalue weighted by Gasteiger charge is -2.45. The molecule has 1 aromatic carbocycles. The standard InChI is InChI=1S/C17H20N4O4/c1-4-7-25-13-6-5-12(8-14(13)24-3)16(22)21-10-17(23,11-21)15-9-18-19-20(15)2/h4-6,8-9,23H,1,7,10-11H2,2-3H3. The van der Waals surface area contributed by atoms with E-state index in [1.54, 1.807) is 36.2 Å². The van der Waals surface area contributed by atoms with Crippen molar-refractivity contribution in [3.63, 3.8) is 0 Å². The van der Waals surface area contributed by atoms with Gasteiger partial charge in [0.25, 0.3) is 5.91 Å². The Balaban J connectivity index is 1.72. The fourth-order valence-corrected chi connectivity index (χ4v) is 2.85. The van der Waals surface area contributed by atoms with E-state index >= 15 is 0 Å². The smallest absolute Gasteiger partial charge is 0.254 e. The summed E-state index contributed by atoms with van der Waals surface area (Å²) < 4.78 is 12.3. The molecule has 1 aliphatic heterocycles. The quantitative estimate of drug-likeness (QED) is 0.777. The molecule has 3 rings (SSSR count). The monoisotopic (exact) mass is 344 g/mol. The largest absolute Gasteiger partial charge is 0.493 e. The van der Waals surface area contributed by atoms with Crippen molar-refractivity contribution in [2.75, 3.05) is 26.8 Å². The number of aliphatic hydroxyl groups is 1. The van der Waals surface area contributed by atoms with Crippen molar-refractivity contribution in [1.29, 1.82) is 0 Å². The van der Waals surface area contributed by atoms with E-state index < -0.39 is 5.60 Å². The molecule has 0 radical (unpaired) electrons. The van der Waals surface area contributed by atoms with Crippen LogP contribution in [0.3, 0.4) is 0 Å². The SMILES string of the molecule is C=CCOc1ccc(C(=O)N2CC(O)(c3cnnn3C)C2)cc1OC. The molecule has 0 saturated carbocycles. The average Bonchev–Trinajstić information content (AvgIpc) is 3.02. The molecule has 1 amide bonds. The van der Waals surface area contributed by atoms with Crippen molar-refractivity contribution >= 4 is 5.91 Å². The first kappa shape index (κ1) is 17.0. The molecular weight excluding hydrogens is 324 g/mol. The van der Waals surface area contributed by atoms with Gasteiger partial charge in [0.15, 0.2) is 11.5 Å². The first-order chi connectivity index (χ1) is 12.0. The maximum atomic E-state index is 12.6. The number of aryl methyl sites for hydroxylation is 1. The van der Waals surface area contributed by atoms with Crippen LogP contribution in [-0.2, 0) is 12.6 Å². The van der Waals surface area contributed by atoms with Gasteiger partial charge in [-0.15, -0.1) is 5.10 Å². The lowest BCUT2D eigenvalue weighted by atomic mass is 9.90. The van der Waals surface area contributed by atoms with Crippen molar-refractivity contribution < 1.29 is 19.4 Å². The molecule has 0 bridgehead atoms. The lowest BCUT2D eigenvalue weighted by molar-refractivity contribution is -0.0914. The number of carbonyl (C=O) groups is 1. The zero-order valence-corrected chi connectivity index (χ0v) is 14.2. The second kappa shape index (κ2) is 6.56. The Labute approximate surface area is 145 Å². The molecule has 0 aliphatic carbocycles. The summed E-state index contributed by atoms with van der Waals surface area (Å²) in [5.74, 6) is 0.827. The Morgan fingerprint density at radius 3 is 2.80 bits per heavy atom. The van der Waals surface area contributed by atoms with Gasteiger partial charge in [0.05, 0.1) is 32.1 Å². The summed E-state index contributed by atoms with van der Waals surface area (Å²) in [5, 5.41) is 18.2. The third kappa shape index (κ3) is 3.08. The summed E-state index contributed by atoms with van der Waals surface area (Å²) in [6, 6.07) is 4.99. The number of aromatic nitrogens is 3. The van der Waals surface area contributed by atoms with Crippen molar-refractivity contribution in [2.45, 2.75) is 5.60 Å². The molecule has 1 aromatic heterocycles. The van der Waals surface area contributed by atoms with Crippen molar-refractivity contribution in [2.24, 2.45) is 7.05 Å². The Kier molecular flexibility index (Phi) is 4.45. The molecule has 0 unspecified atom stereocenters. The summed E-state index contributed by atoms with van der Waals surface area (Å²) in [6.45, 7) is 4.32. The number of rotatable bonds is 6. The van der Waals surface area contributed by atoms with Gasteiger partial charge in [-0.3, -0.25) is 4.79 Å². The van der Waals surface area contributed by atoms with Gasteiger partial charge in [0.1, 0.15) is 12.2 Å². The third-order valence-electron chi connectivity index (χ3n) is 4.15. The second-order valence-corrected chi connectivity index (χ2v) is 5.90. The highest BCUT2D eigenvalue weighted by atomic mass is 16.5. The number of carbonyl (C=O) groups excluding carboxylic acids is 1. The second-order valence-electron chi connectivity index (χ2n) is 5.90. The highest BCUT2D eigenvalue weighted by Crippen LogP contribution is 2.34. The van der Waals surface area contributed by atoms with Crippen LogP contribution in [0.2, 0.25) is 0 Å². The number of hydrogen-bond acceptors (Lipinski definition) is 6. The van der Waals surface area contributed by atoms with E-state index in [-0.39, 0.29) is 19.0 Å². The van der Waals surface area contributed by atoms with E-state index in [0.29, 0.717) is 29.4 Å². The Hall–Kier alpha value is -2.87. The van der Waals surface area contributed by atoms with Crippen LogP contribution in [0.5, 0.6) is 11.5 Å². The number of amides is 1. The van der Waals surface area contributed by atoms with Gasteiger partial charge in [-0.2, -0.15) is 0 Å². The first-order valence-electron chi connectivity index (χ1n) is 7.77. The minimum atomic E-state index is -1.12. The van der Waals surface area contributed by atoms with E-state index in [2.05, 4.69) is 16.9 Å². The van der Waals surface area contributed by atoms with Gasteiger partial charge in [-0.05, 0) is 18.2 Å². The van der Waals surface area contributed by atoms with E-state index in [4.69, 9.17) is 9.47 Å². The summed E-state index contributed by atoms with van der Waals surface area (Å²) >= 11 is 0. The predicted octanol–water partition coefficient (Wildman–Crippen LogP) is 0.732. The van der Waals surface area contributed by atoms with Crippen LogP contribution >= 0.6 is 0 Å². The normalized spacial score (nSPS) is 15.4. The van der Waals surface area contributed by atoms with Gasteiger partial charge < -0.3 is 19.5 Å². The maximum absolute atomic E-state index is 12.6. The van der Waals surface area contributed by atoms with Crippen LogP contribution in [0.4, 0.5) is 0 Å². The van der Waals surface area contributed by atoms with E-state index in [1.165, 1.54) is 18.0 Å². The zero-order chi connectivity index (χ0) is 18.0. The van der Waals surface area contributed by atoms with Crippen LogP contribution in [0, 0.1) is 0 Å². The van der Waals surface area contributed by atoms with Crippen LogP contribution in [0.15, 0.2) is 37.1 Å².